The van der Waals surface area contributed by atoms with Crippen LogP contribution in [0.3, 0.4) is 0 Å². The third-order valence-electron chi connectivity index (χ3n) is 6.49. The number of hydrogen-bond donors (Lipinski definition) is 0. The average molecular weight is 218 g/mol. The molecule has 0 aromatic rings. The average Bonchev–Trinajstić information content (AvgIpc) is 2.61. The summed E-state index contributed by atoms with van der Waals surface area (Å²) in [4.78, 5) is 11.7. The third-order valence-corrected chi connectivity index (χ3v) is 6.49. The zero-order valence-corrected chi connectivity index (χ0v) is 10.6. The first-order valence-electron chi connectivity index (χ1n) is 6.65. The largest absolute Gasteiger partial charge is 0.303 e. The summed E-state index contributed by atoms with van der Waals surface area (Å²) in [6.45, 7) is 6.87. The summed E-state index contributed by atoms with van der Waals surface area (Å²) >= 11 is 0. The van der Waals surface area contributed by atoms with Gasteiger partial charge in [-0.3, -0.25) is 0 Å². The molecule has 1 spiro atoms. The molecule has 2 saturated carbocycles. The van der Waals surface area contributed by atoms with E-state index in [4.69, 9.17) is 0 Å². The van der Waals surface area contributed by atoms with Crippen molar-refractivity contribution in [1.29, 1.82) is 0 Å². The van der Waals surface area contributed by atoms with E-state index in [1.165, 1.54) is 32.0 Å². The van der Waals surface area contributed by atoms with Gasteiger partial charge in [-0.1, -0.05) is 32.9 Å². The zero-order valence-electron chi connectivity index (χ0n) is 10.6. The second-order valence-corrected chi connectivity index (χ2v) is 6.79. The highest BCUT2D eigenvalue weighted by Gasteiger charge is 2.65. The molecule has 0 amide bonds. The Morgan fingerprint density at radius 3 is 2.50 bits per heavy atom. The third kappa shape index (κ3) is 0.881. The van der Waals surface area contributed by atoms with Crippen LogP contribution in [0.1, 0.15) is 46.5 Å². The number of carbonyl (C=O) groups excluding carboxylic acids is 1. The predicted molar refractivity (Wildman–Crippen MR) is 65.0 cm³/mol. The summed E-state index contributed by atoms with van der Waals surface area (Å²) < 4.78 is 0. The highest BCUT2D eigenvalue weighted by Crippen LogP contribution is 2.70. The molecule has 1 unspecified atom stereocenters. The van der Waals surface area contributed by atoms with Gasteiger partial charge in [0.05, 0.1) is 0 Å². The normalized spacial score (nSPS) is 58.7. The van der Waals surface area contributed by atoms with Gasteiger partial charge < -0.3 is 4.79 Å². The first kappa shape index (κ1) is 10.6. The van der Waals surface area contributed by atoms with Crippen LogP contribution in [0.25, 0.3) is 0 Å². The van der Waals surface area contributed by atoms with Crippen molar-refractivity contribution >= 4 is 6.29 Å². The van der Waals surface area contributed by atoms with Crippen LogP contribution >= 0.6 is 0 Å². The van der Waals surface area contributed by atoms with Crippen molar-refractivity contribution in [3.05, 3.63) is 12.2 Å². The zero-order chi connectivity index (χ0) is 11.6. The van der Waals surface area contributed by atoms with Gasteiger partial charge in [0.2, 0.25) is 0 Å². The fourth-order valence-corrected chi connectivity index (χ4v) is 4.90. The van der Waals surface area contributed by atoms with E-state index in [1.807, 2.05) is 0 Å². The molecule has 0 aliphatic heterocycles. The predicted octanol–water partition coefficient (Wildman–Crippen LogP) is 3.59. The molecule has 1 heteroatoms. The van der Waals surface area contributed by atoms with Crippen LogP contribution in [0.2, 0.25) is 0 Å². The minimum absolute atomic E-state index is 0.116. The monoisotopic (exact) mass is 218 g/mol. The summed E-state index contributed by atoms with van der Waals surface area (Å²) in [5.74, 6) is 1.36. The van der Waals surface area contributed by atoms with E-state index in [9.17, 15) is 4.79 Å². The first-order chi connectivity index (χ1) is 7.48. The molecule has 0 heterocycles. The summed E-state index contributed by atoms with van der Waals surface area (Å²) in [5.41, 5.74) is 0.351. The Labute approximate surface area is 98.3 Å². The van der Waals surface area contributed by atoms with Gasteiger partial charge >= 0.3 is 0 Å². The number of hydrogen-bond acceptors (Lipinski definition) is 1. The second-order valence-electron chi connectivity index (χ2n) is 6.79. The van der Waals surface area contributed by atoms with Gasteiger partial charge in [0.15, 0.2) is 0 Å². The minimum Gasteiger partial charge on any atom is -0.303 e. The van der Waals surface area contributed by atoms with E-state index in [-0.39, 0.29) is 10.8 Å². The van der Waals surface area contributed by atoms with Gasteiger partial charge in [-0.2, -0.15) is 0 Å². The van der Waals surface area contributed by atoms with E-state index in [0.29, 0.717) is 11.3 Å². The van der Waals surface area contributed by atoms with Crippen LogP contribution in [0, 0.1) is 28.1 Å². The molecule has 4 aliphatic rings. The molecule has 0 aromatic carbocycles. The molecule has 1 nitrogen and oxygen atoms in total. The van der Waals surface area contributed by atoms with Crippen molar-refractivity contribution in [2.75, 3.05) is 0 Å². The molecular formula is C15H22O. The van der Waals surface area contributed by atoms with Crippen molar-refractivity contribution in [1.82, 2.24) is 0 Å². The molecule has 0 saturated heterocycles. The van der Waals surface area contributed by atoms with Crippen molar-refractivity contribution in [2.45, 2.75) is 46.5 Å². The molecule has 4 rings (SSSR count). The van der Waals surface area contributed by atoms with Crippen LogP contribution in [-0.2, 0) is 4.79 Å². The molecule has 0 aromatic heterocycles. The Balaban J connectivity index is 2.19. The van der Waals surface area contributed by atoms with Crippen LogP contribution in [0.15, 0.2) is 12.2 Å². The van der Waals surface area contributed by atoms with Crippen LogP contribution in [0.4, 0.5) is 0 Å². The van der Waals surface area contributed by atoms with Gasteiger partial charge in [0.25, 0.3) is 0 Å². The number of carbonyl (C=O) groups is 1. The number of rotatable bonds is 1. The maximum atomic E-state index is 11.7. The lowest BCUT2D eigenvalue weighted by atomic mass is 9.42. The van der Waals surface area contributed by atoms with E-state index < -0.39 is 0 Å². The number of allylic oxidation sites excluding steroid dienone is 2. The van der Waals surface area contributed by atoms with Crippen LogP contribution in [0.5, 0.6) is 0 Å². The van der Waals surface area contributed by atoms with Crippen LogP contribution in [-0.4, -0.2) is 6.29 Å². The SMILES string of the molecule is C[C@H]1CC[C@@H]2C13C=C[C@@](C)(CC3)[C@@]2(C)C=O. The van der Waals surface area contributed by atoms with Gasteiger partial charge in [-0.05, 0) is 48.3 Å². The molecule has 2 fully saturated rings. The summed E-state index contributed by atoms with van der Waals surface area (Å²) in [7, 11) is 0. The molecular weight excluding hydrogens is 196 g/mol. The van der Waals surface area contributed by atoms with Gasteiger partial charge in [-0.15, -0.1) is 0 Å². The first-order valence-corrected chi connectivity index (χ1v) is 6.65. The fourth-order valence-electron chi connectivity index (χ4n) is 4.90. The van der Waals surface area contributed by atoms with Gasteiger partial charge in [0, 0.05) is 5.41 Å². The topological polar surface area (TPSA) is 17.1 Å². The van der Waals surface area contributed by atoms with E-state index in [2.05, 4.69) is 32.9 Å². The Bertz CT molecular complexity index is 372. The number of fused-ring (bicyclic) bond motifs is 1. The van der Waals surface area contributed by atoms with Gasteiger partial charge in [0.1, 0.15) is 6.29 Å². The lowest BCUT2D eigenvalue weighted by Crippen LogP contribution is -2.56. The Morgan fingerprint density at radius 1 is 1.19 bits per heavy atom. The Kier molecular flexibility index (Phi) is 1.85. The van der Waals surface area contributed by atoms with E-state index in [0.717, 1.165) is 5.92 Å². The molecule has 0 radical (unpaired) electrons. The highest BCUT2D eigenvalue weighted by molar-refractivity contribution is 5.64. The fraction of sp³-hybridized carbons (Fsp3) is 0.800. The quantitative estimate of drug-likeness (QED) is 0.485. The van der Waals surface area contributed by atoms with Crippen molar-refractivity contribution < 1.29 is 4.79 Å². The lowest BCUT2D eigenvalue weighted by Gasteiger charge is -2.60. The summed E-state index contributed by atoms with van der Waals surface area (Å²) in [5, 5.41) is 0. The Hall–Kier alpha value is -0.590. The van der Waals surface area contributed by atoms with E-state index in [1.54, 1.807) is 0 Å². The lowest BCUT2D eigenvalue weighted by molar-refractivity contribution is -0.138. The van der Waals surface area contributed by atoms with Crippen molar-refractivity contribution in [3.8, 4) is 0 Å². The molecule has 5 atom stereocenters. The minimum atomic E-state index is -0.120. The molecule has 16 heavy (non-hydrogen) atoms. The molecule has 0 N–H and O–H groups in total. The number of aldehydes is 1. The molecule has 2 bridgehead atoms. The smallest absolute Gasteiger partial charge is 0.127 e. The molecule has 4 aliphatic carbocycles. The molecule has 88 valence electrons. The second kappa shape index (κ2) is 2.80. The standard InChI is InChI=1S/C15H22O/c1-11-4-5-12-14(3,10-16)13(2)6-8-15(11,12)9-7-13/h6,8,10-12H,4-5,7,9H2,1-3H3/t11-,12-,13-,14-,15?/m0/s1. The summed E-state index contributed by atoms with van der Waals surface area (Å²) in [6.07, 6.45) is 11.2. The van der Waals surface area contributed by atoms with Crippen molar-refractivity contribution in [3.63, 3.8) is 0 Å². The van der Waals surface area contributed by atoms with Crippen LogP contribution < -0.4 is 0 Å². The highest BCUT2D eigenvalue weighted by atomic mass is 16.1. The maximum absolute atomic E-state index is 11.7. The van der Waals surface area contributed by atoms with E-state index >= 15 is 0 Å². The Morgan fingerprint density at radius 2 is 1.94 bits per heavy atom. The maximum Gasteiger partial charge on any atom is 0.127 e. The summed E-state index contributed by atoms with van der Waals surface area (Å²) in [6, 6.07) is 0. The van der Waals surface area contributed by atoms with Crippen molar-refractivity contribution in [2.24, 2.45) is 28.1 Å². The van der Waals surface area contributed by atoms with Gasteiger partial charge in [-0.25, -0.2) is 0 Å².